The molecule has 3 rings (SSSR count). The lowest BCUT2D eigenvalue weighted by Gasteiger charge is -2.38. The highest BCUT2D eigenvalue weighted by atomic mass is 16.5. The lowest BCUT2D eigenvalue weighted by Crippen LogP contribution is -2.41. The van der Waals surface area contributed by atoms with E-state index in [0.717, 1.165) is 28.2 Å². The molecule has 4 nitrogen and oxygen atoms in total. The fraction of sp³-hybridized carbons (Fsp3) is 0.348. The predicted molar refractivity (Wildman–Crippen MR) is 108 cm³/mol. The van der Waals surface area contributed by atoms with E-state index in [0.29, 0.717) is 18.4 Å². The fourth-order valence-corrected chi connectivity index (χ4v) is 3.58. The van der Waals surface area contributed by atoms with Crippen molar-refractivity contribution in [2.75, 3.05) is 7.11 Å². The summed E-state index contributed by atoms with van der Waals surface area (Å²) in [5.74, 6) is 1.50. The molecule has 0 radical (unpaired) electrons. The standard InChI is InChI=1S/C23H27NO3/c1-6-7-16-13-17(9-11-20(16)26-5)22(25)24-19-14-23(3,4)27-21-10-8-15(2)12-18(19)21/h6,8-13,19H,1,7,14H2,2-5H3,(H,24,25)/t19-/m0/s1. The third-order valence-electron chi connectivity index (χ3n) is 4.83. The summed E-state index contributed by atoms with van der Waals surface area (Å²) >= 11 is 0. The van der Waals surface area contributed by atoms with E-state index in [-0.39, 0.29) is 17.6 Å². The van der Waals surface area contributed by atoms with Crippen molar-refractivity contribution in [3.63, 3.8) is 0 Å². The maximum atomic E-state index is 13.0. The van der Waals surface area contributed by atoms with Crippen LogP contribution >= 0.6 is 0 Å². The summed E-state index contributed by atoms with van der Waals surface area (Å²) in [5.41, 5.74) is 3.40. The van der Waals surface area contributed by atoms with E-state index in [4.69, 9.17) is 9.47 Å². The van der Waals surface area contributed by atoms with Crippen molar-refractivity contribution in [2.24, 2.45) is 0 Å². The van der Waals surface area contributed by atoms with Crippen molar-refractivity contribution in [1.82, 2.24) is 5.32 Å². The molecule has 0 fully saturated rings. The summed E-state index contributed by atoms with van der Waals surface area (Å²) in [4.78, 5) is 13.0. The van der Waals surface area contributed by atoms with E-state index >= 15 is 0 Å². The van der Waals surface area contributed by atoms with Gasteiger partial charge in [0.15, 0.2) is 0 Å². The predicted octanol–water partition coefficient (Wildman–Crippen LogP) is 4.76. The minimum absolute atomic E-state index is 0.0962. The topological polar surface area (TPSA) is 47.6 Å². The van der Waals surface area contributed by atoms with Gasteiger partial charge >= 0.3 is 0 Å². The van der Waals surface area contributed by atoms with Gasteiger partial charge in [-0.2, -0.15) is 0 Å². The zero-order valence-corrected chi connectivity index (χ0v) is 16.5. The number of rotatable bonds is 5. The second-order valence-electron chi connectivity index (χ2n) is 7.65. The van der Waals surface area contributed by atoms with Gasteiger partial charge in [0.1, 0.15) is 17.1 Å². The van der Waals surface area contributed by atoms with Gasteiger partial charge in [0, 0.05) is 17.5 Å². The zero-order chi connectivity index (χ0) is 19.6. The number of fused-ring (bicyclic) bond motifs is 1. The van der Waals surface area contributed by atoms with Gasteiger partial charge in [0.25, 0.3) is 5.91 Å². The first-order valence-corrected chi connectivity index (χ1v) is 9.21. The summed E-state index contributed by atoms with van der Waals surface area (Å²) in [6.45, 7) is 9.92. The Morgan fingerprint density at radius 1 is 1.33 bits per heavy atom. The van der Waals surface area contributed by atoms with Crippen molar-refractivity contribution in [3.05, 3.63) is 71.3 Å². The van der Waals surface area contributed by atoms with Crippen LogP contribution in [0.15, 0.2) is 49.1 Å². The van der Waals surface area contributed by atoms with Gasteiger partial charge in [-0.1, -0.05) is 23.8 Å². The monoisotopic (exact) mass is 365 g/mol. The van der Waals surface area contributed by atoms with Gasteiger partial charge in [0.05, 0.1) is 13.2 Å². The molecule has 1 atom stereocenters. The normalized spacial score (nSPS) is 17.4. The lowest BCUT2D eigenvalue weighted by molar-refractivity contribution is 0.0619. The molecule has 0 saturated heterocycles. The van der Waals surface area contributed by atoms with E-state index in [1.54, 1.807) is 19.3 Å². The average molecular weight is 365 g/mol. The molecule has 0 saturated carbocycles. The number of methoxy groups -OCH3 is 1. The molecule has 2 aromatic carbocycles. The van der Waals surface area contributed by atoms with E-state index < -0.39 is 0 Å². The first-order chi connectivity index (χ1) is 12.8. The Bertz CT molecular complexity index is 870. The number of nitrogens with one attached hydrogen (secondary N) is 1. The molecule has 1 heterocycles. The number of carbonyl (C=O) groups is 1. The Balaban J connectivity index is 1.89. The first kappa shape index (κ1) is 19.0. The SMILES string of the molecule is C=CCc1cc(C(=O)N[C@H]2CC(C)(C)Oc3ccc(C)cc32)ccc1OC. The molecule has 2 aromatic rings. The molecule has 1 N–H and O–H groups in total. The van der Waals surface area contributed by atoms with Crippen molar-refractivity contribution in [1.29, 1.82) is 0 Å². The van der Waals surface area contributed by atoms with Crippen LogP contribution in [0.1, 0.15) is 53.4 Å². The maximum absolute atomic E-state index is 13.0. The summed E-state index contributed by atoms with van der Waals surface area (Å²) in [7, 11) is 1.63. The molecular weight excluding hydrogens is 338 g/mol. The third-order valence-corrected chi connectivity index (χ3v) is 4.83. The number of ether oxygens (including phenoxy) is 2. The zero-order valence-electron chi connectivity index (χ0n) is 16.5. The number of benzene rings is 2. The fourth-order valence-electron chi connectivity index (χ4n) is 3.58. The number of hydrogen-bond donors (Lipinski definition) is 1. The summed E-state index contributed by atoms with van der Waals surface area (Å²) < 4.78 is 11.5. The largest absolute Gasteiger partial charge is 0.496 e. The van der Waals surface area contributed by atoms with Crippen LogP contribution in [-0.2, 0) is 6.42 Å². The number of hydrogen-bond acceptors (Lipinski definition) is 3. The average Bonchev–Trinajstić information content (AvgIpc) is 2.62. The molecule has 1 amide bonds. The number of carbonyl (C=O) groups excluding carboxylic acids is 1. The van der Waals surface area contributed by atoms with Crippen molar-refractivity contribution in [3.8, 4) is 11.5 Å². The Kier molecular flexibility index (Phi) is 5.26. The first-order valence-electron chi connectivity index (χ1n) is 9.21. The number of amides is 1. The molecule has 4 heteroatoms. The van der Waals surface area contributed by atoms with Crippen LogP contribution in [0, 0.1) is 6.92 Å². The summed E-state index contributed by atoms with van der Waals surface area (Å²) in [6, 6.07) is 11.5. The van der Waals surface area contributed by atoms with Crippen molar-refractivity contribution >= 4 is 5.91 Å². The number of aryl methyl sites for hydroxylation is 1. The van der Waals surface area contributed by atoms with Crippen molar-refractivity contribution in [2.45, 2.75) is 45.3 Å². The van der Waals surface area contributed by atoms with Crippen LogP contribution in [-0.4, -0.2) is 18.6 Å². The van der Waals surface area contributed by atoms with Crippen LogP contribution in [0.25, 0.3) is 0 Å². The molecule has 0 spiro atoms. The highest BCUT2D eigenvalue weighted by Gasteiger charge is 2.34. The van der Waals surface area contributed by atoms with Gasteiger partial charge < -0.3 is 14.8 Å². The highest BCUT2D eigenvalue weighted by molar-refractivity contribution is 5.95. The smallest absolute Gasteiger partial charge is 0.251 e. The third kappa shape index (κ3) is 4.16. The van der Waals surface area contributed by atoms with E-state index in [1.807, 2.05) is 45.0 Å². The molecule has 0 aromatic heterocycles. The second kappa shape index (κ2) is 7.47. The minimum Gasteiger partial charge on any atom is -0.496 e. The minimum atomic E-state index is -0.339. The molecule has 27 heavy (non-hydrogen) atoms. The van der Waals surface area contributed by atoms with Crippen LogP contribution in [0.3, 0.4) is 0 Å². The van der Waals surface area contributed by atoms with Crippen LogP contribution < -0.4 is 14.8 Å². The molecular formula is C23H27NO3. The van der Waals surface area contributed by atoms with Gasteiger partial charge in [-0.15, -0.1) is 6.58 Å². The van der Waals surface area contributed by atoms with Crippen molar-refractivity contribution < 1.29 is 14.3 Å². The van der Waals surface area contributed by atoms with E-state index in [2.05, 4.69) is 18.0 Å². The Labute approximate surface area is 161 Å². The molecule has 0 aliphatic carbocycles. The Morgan fingerprint density at radius 2 is 2.11 bits per heavy atom. The Hall–Kier alpha value is -2.75. The summed E-state index contributed by atoms with van der Waals surface area (Å²) in [6.07, 6.45) is 3.17. The molecule has 0 bridgehead atoms. The Morgan fingerprint density at radius 3 is 2.81 bits per heavy atom. The van der Waals surface area contributed by atoms with Gasteiger partial charge in [-0.05, 0) is 57.0 Å². The molecule has 1 aliphatic rings. The van der Waals surface area contributed by atoms with E-state index in [9.17, 15) is 4.79 Å². The molecule has 142 valence electrons. The molecule has 0 unspecified atom stereocenters. The van der Waals surface area contributed by atoms with Crippen LogP contribution in [0.5, 0.6) is 11.5 Å². The van der Waals surface area contributed by atoms with Crippen LogP contribution in [0.2, 0.25) is 0 Å². The van der Waals surface area contributed by atoms with Gasteiger partial charge in [-0.3, -0.25) is 4.79 Å². The van der Waals surface area contributed by atoms with Gasteiger partial charge in [-0.25, -0.2) is 0 Å². The lowest BCUT2D eigenvalue weighted by atomic mass is 9.88. The van der Waals surface area contributed by atoms with Crippen LogP contribution in [0.4, 0.5) is 0 Å². The highest BCUT2D eigenvalue weighted by Crippen LogP contribution is 2.40. The summed E-state index contributed by atoms with van der Waals surface area (Å²) in [5, 5.41) is 3.20. The number of allylic oxidation sites excluding steroid dienone is 1. The van der Waals surface area contributed by atoms with E-state index in [1.165, 1.54) is 0 Å². The maximum Gasteiger partial charge on any atom is 0.251 e. The quantitative estimate of drug-likeness (QED) is 0.777. The van der Waals surface area contributed by atoms with Gasteiger partial charge in [0.2, 0.25) is 0 Å². The second-order valence-corrected chi connectivity index (χ2v) is 7.65. The molecule has 1 aliphatic heterocycles.